The van der Waals surface area contributed by atoms with Crippen molar-refractivity contribution in [2.75, 3.05) is 0 Å². The zero-order valence-corrected chi connectivity index (χ0v) is 8.08. The zero-order chi connectivity index (χ0) is 10.8. The predicted octanol–water partition coefficient (Wildman–Crippen LogP) is 3.07. The van der Waals surface area contributed by atoms with Crippen molar-refractivity contribution in [2.45, 2.75) is 10.4 Å². The second-order valence-electron chi connectivity index (χ2n) is 2.19. The Bertz CT molecular complexity index is 355. The van der Waals surface area contributed by atoms with E-state index in [2.05, 4.69) is 4.98 Å². The van der Waals surface area contributed by atoms with Gasteiger partial charge in [-0.05, 0) is 29.4 Å². The Labute approximate surface area is 86.5 Å². The second-order valence-corrected chi connectivity index (χ2v) is 3.64. The molecule has 1 rings (SSSR count). The van der Waals surface area contributed by atoms with Gasteiger partial charge in [0.25, 0.3) is 5.24 Å². The van der Waals surface area contributed by atoms with E-state index in [0.29, 0.717) is 0 Å². The van der Waals surface area contributed by atoms with Crippen LogP contribution in [0.5, 0.6) is 0 Å². The maximum absolute atomic E-state index is 12.0. The van der Waals surface area contributed by atoms with Crippen LogP contribution in [0.2, 0.25) is 0 Å². The van der Waals surface area contributed by atoms with Crippen LogP contribution in [0.3, 0.4) is 0 Å². The van der Waals surface area contributed by atoms with Crippen LogP contribution in [0.1, 0.15) is 10.4 Å². The number of alkyl halides is 3. The summed E-state index contributed by atoms with van der Waals surface area (Å²) in [5, 5.41) is -0.954. The summed E-state index contributed by atoms with van der Waals surface area (Å²) in [6, 6.07) is 1.09. The minimum absolute atomic E-state index is 0.239. The van der Waals surface area contributed by atoms with Gasteiger partial charge in [0.05, 0.1) is 5.56 Å². The largest absolute Gasteiger partial charge is 0.446 e. The third-order valence-corrected chi connectivity index (χ3v) is 2.23. The highest BCUT2D eigenvalue weighted by molar-refractivity contribution is 8.00. The molecule has 0 unspecified atom stereocenters. The van der Waals surface area contributed by atoms with Crippen LogP contribution in [0.4, 0.5) is 13.2 Å². The fourth-order valence-electron chi connectivity index (χ4n) is 0.743. The first-order valence-electron chi connectivity index (χ1n) is 3.30. The highest BCUT2D eigenvalue weighted by Crippen LogP contribution is 2.38. The quantitative estimate of drug-likeness (QED) is 0.589. The van der Waals surface area contributed by atoms with Gasteiger partial charge in [0, 0.05) is 17.3 Å². The summed E-state index contributed by atoms with van der Waals surface area (Å²) in [6.07, 6.45) is 2.17. The monoisotopic (exact) mass is 241 g/mol. The highest BCUT2D eigenvalue weighted by atomic mass is 35.5. The molecule has 0 bridgehead atoms. The van der Waals surface area contributed by atoms with Crippen molar-refractivity contribution in [1.29, 1.82) is 0 Å². The number of hydrogen-bond acceptors (Lipinski definition) is 3. The number of aromatic nitrogens is 1. The van der Waals surface area contributed by atoms with Crippen molar-refractivity contribution in [3.63, 3.8) is 0 Å². The molecule has 0 amide bonds. The van der Waals surface area contributed by atoms with Crippen LogP contribution in [0.25, 0.3) is 0 Å². The zero-order valence-electron chi connectivity index (χ0n) is 6.51. The van der Waals surface area contributed by atoms with Crippen molar-refractivity contribution in [3.05, 3.63) is 24.0 Å². The standard InChI is InChI=1S/C7H3ClF3NOS/c8-6(13)4-3-12-2-1-5(4)14-7(9,10)11/h1-3H. The molecule has 0 saturated heterocycles. The van der Waals surface area contributed by atoms with E-state index < -0.39 is 10.8 Å². The average Bonchev–Trinajstić information content (AvgIpc) is 2.01. The minimum Gasteiger partial charge on any atom is -0.276 e. The number of thioether (sulfide) groups is 1. The van der Waals surface area contributed by atoms with Crippen molar-refractivity contribution < 1.29 is 18.0 Å². The number of carbonyl (C=O) groups is 1. The van der Waals surface area contributed by atoms with Gasteiger partial charge in [-0.15, -0.1) is 0 Å². The maximum atomic E-state index is 12.0. The van der Waals surface area contributed by atoms with Gasteiger partial charge in [0.1, 0.15) is 0 Å². The number of halogens is 4. The van der Waals surface area contributed by atoms with E-state index >= 15 is 0 Å². The molecule has 0 N–H and O–H groups in total. The first-order chi connectivity index (χ1) is 6.40. The molecule has 1 heterocycles. The molecule has 1 aromatic heterocycles. The molecule has 1 aromatic rings. The SMILES string of the molecule is O=C(Cl)c1cnccc1SC(F)(F)F. The number of hydrogen-bond donors (Lipinski definition) is 0. The first kappa shape index (κ1) is 11.3. The van der Waals surface area contributed by atoms with Gasteiger partial charge in [-0.2, -0.15) is 13.2 Å². The van der Waals surface area contributed by atoms with Crippen LogP contribution in [0, 0.1) is 0 Å². The van der Waals surface area contributed by atoms with E-state index in [1.165, 1.54) is 0 Å². The smallest absolute Gasteiger partial charge is 0.276 e. The van der Waals surface area contributed by atoms with Gasteiger partial charge in [-0.25, -0.2) is 0 Å². The molecule has 0 atom stereocenters. The molecule has 14 heavy (non-hydrogen) atoms. The Morgan fingerprint density at radius 1 is 1.50 bits per heavy atom. The summed E-state index contributed by atoms with van der Waals surface area (Å²) in [5.41, 5.74) is -4.68. The normalized spacial score (nSPS) is 11.4. The van der Waals surface area contributed by atoms with Crippen LogP contribution in [0.15, 0.2) is 23.4 Å². The van der Waals surface area contributed by atoms with E-state index in [1.54, 1.807) is 0 Å². The Balaban J connectivity index is 3.02. The lowest BCUT2D eigenvalue weighted by molar-refractivity contribution is -0.0328. The summed E-state index contributed by atoms with van der Waals surface area (Å²) in [4.78, 5) is 14.0. The van der Waals surface area contributed by atoms with Gasteiger partial charge in [0.2, 0.25) is 0 Å². The molecule has 0 saturated carbocycles. The molecule has 0 aromatic carbocycles. The van der Waals surface area contributed by atoms with Gasteiger partial charge in [-0.3, -0.25) is 9.78 Å². The van der Waals surface area contributed by atoms with E-state index in [1.807, 2.05) is 0 Å². The van der Waals surface area contributed by atoms with Gasteiger partial charge in [-0.1, -0.05) is 0 Å². The van der Waals surface area contributed by atoms with E-state index in [9.17, 15) is 18.0 Å². The molecule has 0 radical (unpaired) electrons. The molecule has 0 aliphatic rings. The summed E-state index contributed by atoms with van der Waals surface area (Å²) in [7, 11) is 0. The number of nitrogens with zero attached hydrogens (tertiary/aromatic N) is 1. The molecule has 76 valence electrons. The van der Waals surface area contributed by atoms with Crippen molar-refractivity contribution >= 4 is 28.6 Å². The summed E-state index contributed by atoms with van der Waals surface area (Å²) >= 11 is 4.69. The van der Waals surface area contributed by atoms with Crippen LogP contribution in [-0.4, -0.2) is 15.7 Å². The van der Waals surface area contributed by atoms with E-state index in [-0.39, 0.29) is 22.2 Å². The minimum atomic E-state index is -4.44. The fraction of sp³-hybridized carbons (Fsp3) is 0.143. The topological polar surface area (TPSA) is 30.0 Å². The molecular formula is C7H3ClF3NOS. The Hall–Kier alpha value is -0.750. The third kappa shape index (κ3) is 3.19. The van der Waals surface area contributed by atoms with Gasteiger partial charge >= 0.3 is 5.51 Å². The maximum Gasteiger partial charge on any atom is 0.446 e. The van der Waals surface area contributed by atoms with Crippen LogP contribution in [-0.2, 0) is 0 Å². The van der Waals surface area contributed by atoms with Crippen LogP contribution >= 0.6 is 23.4 Å². The first-order valence-corrected chi connectivity index (χ1v) is 4.49. The molecule has 0 aliphatic carbocycles. The fourth-order valence-corrected chi connectivity index (χ4v) is 1.58. The number of pyridine rings is 1. The van der Waals surface area contributed by atoms with E-state index in [4.69, 9.17) is 11.6 Å². The number of carbonyl (C=O) groups excluding carboxylic acids is 1. The number of rotatable bonds is 2. The lowest BCUT2D eigenvalue weighted by Gasteiger charge is -2.07. The van der Waals surface area contributed by atoms with Crippen LogP contribution < -0.4 is 0 Å². The molecule has 0 spiro atoms. The second kappa shape index (κ2) is 4.18. The molecule has 7 heteroatoms. The molecule has 0 fully saturated rings. The predicted molar refractivity (Wildman–Crippen MR) is 46.3 cm³/mol. The summed E-state index contributed by atoms with van der Waals surface area (Å²) in [6.45, 7) is 0. The van der Waals surface area contributed by atoms with Crippen molar-refractivity contribution in [1.82, 2.24) is 4.98 Å². The molecule has 2 nitrogen and oxygen atoms in total. The lowest BCUT2D eigenvalue weighted by Crippen LogP contribution is -2.02. The van der Waals surface area contributed by atoms with Crippen molar-refractivity contribution in [2.24, 2.45) is 0 Å². The van der Waals surface area contributed by atoms with Gasteiger partial charge < -0.3 is 0 Å². The van der Waals surface area contributed by atoms with Crippen molar-refractivity contribution in [3.8, 4) is 0 Å². The summed E-state index contributed by atoms with van der Waals surface area (Å²) < 4.78 is 35.9. The lowest BCUT2D eigenvalue weighted by atomic mass is 10.3. The Kier molecular flexibility index (Phi) is 3.38. The third-order valence-electron chi connectivity index (χ3n) is 1.22. The Morgan fingerprint density at radius 2 is 2.14 bits per heavy atom. The highest BCUT2D eigenvalue weighted by Gasteiger charge is 2.31. The van der Waals surface area contributed by atoms with E-state index in [0.717, 1.165) is 18.5 Å². The molecular weight excluding hydrogens is 239 g/mol. The Morgan fingerprint density at radius 3 is 2.64 bits per heavy atom. The molecule has 0 aliphatic heterocycles. The summed E-state index contributed by atoms with van der Waals surface area (Å²) in [5.74, 6) is 0. The van der Waals surface area contributed by atoms with Gasteiger partial charge in [0.15, 0.2) is 0 Å². The average molecular weight is 242 g/mol.